The molecule has 190 valence electrons. The molecule has 1 rings (SSSR count). The van der Waals surface area contributed by atoms with Crippen molar-refractivity contribution in [1.29, 1.82) is 0 Å². The zero-order valence-corrected chi connectivity index (χ0v) is 22.4. The molecule has 33 heavy (non-hydrogen) atoms. The van der Waals surface area contributed by atoms with Crippen molar-refractivity contribution in [2.24, 2.45) is 0 Å². The third-order valence-corrected chi connectivity index (χ3v) is 6.60. The largest absolute Gasteiger partial charge is 0.507 e. The smallest absolute Gasteiger partial charge is 0.306 e. The molecule has 1 aromatic carbocycles. The molecular weight excluding hydrogens is 408 g/mol. The van der Waals surface area contributed by atoms with E-state index in [1.807, 2.05) is 19.1 Å². The normalized spacial score (nSPS) is 11.7. The van der Waals surface area contributed by atoms with Crippen molar-refractivity contribution in [1.82, 2.24) is 0 Å². The maximum Gasteiger partial charge on any atom is 0.306 e. The molecule has 0 fully saturated rings. The number of esters is 1. The van der Waals surface area contributed by atoms with E-state index in [2.05, 4.69) is 27.7 Å². The van der Waals surface area contributed by atoms with E-state index in [4.69, 9.17) is 4.74 Å². The van der Waals surface area contributed by atoms with Gasteiger partial charge in [-0.15, -0.1) is 0 Å². The fourth-order valence-electron chi connectivity index (χ4n) is 4.27. The van der Waals surface area contributed by atoms with Crippen molar-refractivity contribution < 1.29 is 14.6 Å². The van der Waals surface area contributed by atoms with Gasteiger partial charge in [-0.3, -0.25) is 4.79 Å². The Bertz CT molecular complexity index is 657. The third kappa shape index (κ3) is 13.7. The SMILES string of the molecule is CCCCCCCCCCCCCCCCOC(=O)CCc1cc(C(C)(C)C)cc(C)c1O. The lowest BCUT2D eigenvalue weighted by atomic mass is 9.84. The van der Waals surface area contributed by atoms with Crippen molar-refractivity contribution in [2.75, 3.05) is 6.61 Å². The van der Waals surface area contributed by atoms with Gasteiger partial charge in [0.25, 0.3) is 0 Å². The van der Waals surface area contributed by atoms with Gasteiger partial charge < -0.3 is 9.84 Å². The summed E-state index contributed by atoms with van der Waals surface area (Å²) in [6.45, 7) is 11.2. The maximum atomic E-state index is 12.1. The van der Waals surface area contributed by atoms with Gasteiger partial charge in [0, 0.05) is 6.42 Å². The summed E-state index contributed by atoms with van der Waals surface area (Å²) in [6.07, 6.45) is 19.4. The molecule has 0 atom stereocenters. The Morgan fingerprint density at radius 2 is 1.30 bits per heavy atom. The monoisotopic (exact) mass is 460 g/mol. The first-order chi connectivity index (χ1) is 15.8. The number of carbonyl (C=O) groups excluding carboxylic acids is 1. The average Bonchev–Trinajstić information content (AvgIpc) is 2.76. The van der Waals surface area contributed by atoms with Crippen LogP contribution in [0.5, 0.6) is 5.75 Å². The number of hydrogen-bond acceptors (Lipinski definition) is 3. The molecule has 0 radical (unpaired) electrons. The van der Waals surface area contributed by atoms with E-state index in [0.29, 0.717) is 25.2 Å². The molecule has 0 spiro atoms. The maximum absolute atomic E-state index is 12.1. The van der Waals surface area contributed by atoms with Gasteiger partial charge in [-0.2, -0.15) is 0 Å². The lowest BCUT2D eigenvalue weighted by Crippen LogP contribution is -2.12. The van der Waals surface area contributed by atoms with Crippen LogP contribution in [0.3, 0.4) is 0 Å². The number of rotatable bonds is 18. The molecule has 0 aromatic heterocycles. The van der Waals surface area contributed by atoms with Crippen LogP contribution in [0.2, 0.25) is 0 Å². The number of benzene rings is 1. The van der Waals surface area contributed by atoms with Gasteiger partial charge >= 0.3 is 5.97 Å². The molecule has 0 unspecified atom stereocenters. The number of aryl methyl sites for hydroxylation is 2. The van der Waals surface area contributed by atoms with Crippen LogP contribution in [0.4, 0.5) is 0 Å². The number of ether oxygens (including phenoxy) is 1. The molecule has 3 heteroatoms. The first-order valence-electron chi connectivity index (χ1n) is 13.7. The molecule has 0 bridgehead atoms. The van der Waals surface area contributed by atoms with Crippen LogP contribution in [-0.4, -0.2) is 17.7 Å². The second-order valence-electron chi connectivity index (χ2n) is 10.9. The van der Waals surface area contributed by atoms with E-state index in [0.717, 1.165) is 24.0 Å². The van der Waals surface area contributed by atoms with Gasteiger partial charge in [0.05, 0.1) is 6.61 Å². The Balaban J connectivity index is 2.04. The number of unbranched alkanes of at least 4 members (excludes halogenated alkanes) is 13. The molecule has 0 heterocycles. The Kier molecular flexibility index (Phi) is 15.2. The highest BCUT2D eigenvalue weighted by molar-refractivity contribution is 5.70. The van der Waals surface area contributed by atoms with E-state index >= 15 is 0 Å². The second-order valence-corrected chi connectivity index (χ2v) is 10.9. The predicted octanol–water partition coefficient (Wildman–Crippen LogP) is 8.96. The minimum atomic E-state index is -0.164. The number of aromatic hydroxyl groups is 1. The summed E-state index contributed by atoms with van der Waals surface area (Å²) in [4.78, 5) is 12.1. The van der Waals surface area contributed by atoms with E-state index in [1.165, 1.54) is 82.6 Å². The molecule has 0 aliphatic heterocycles. The molecule has 0 saturated carbocycles. The minimum Gasteiger partial charge on any atom is -0.507 e. The van der Waals surface area contributed by atoms with Crippen LogP contribution in [0.15, 0.2) is 12.1 Å². The lowest BCUT2D eigenvalue weighted by Gasteiger charge is -2.21. The Morgan fingerprint density at radius 3 is 1.79 bits per heavy atom. The fraction of sp³-hybridized carbons (Fsp3) is 0.767. The molecule has 0 amide bonds. The summed E-state index contributed by atoms with van der Waals surface area (Å²) in [5.74, 6) is 0.144. The summed E-state index contributed by atoms with van der Waals surface area (Å²) in [5, 5.41) is 10.4. The number of phenolic OH excluding ortho intramolecular Hbond substituents is 1. The summed E-state index contributed by atoms with van der Waals surface area (Å²) in [5.41, 5.74) is 2.91. The third-order valence-electron chi connectivity index (χ3n) is 6.60. The highest BCUT2D eigenvalue weighted by Gasteiger charge is 2.18. The van der Waals surface area contributed by atoms with Crippen molar-refractivity contribution in [2.45, 2.75) is 143 Å². The molecular formula is C30H52O3. The number of phenols is 1. The van der Waals surface area contributed by atoms with Gasteiger partial charge in [-0.25, -0.2) is 0 Å². The average molecular weight is 461 g/mol. The van der Waals surface area contributed by atoms with Crippen molar-refractivity contribution in [3.05, 3.63) is 28.8 Å². The summed E-state index contributed by atoms with van der Waals surface area (Å²) >= 11 is 0. The fourth-order valence-corrected chi connectivity index (χ4v) is 4.27. The van der Waals surface area contributed by atoms with Crippen molar-refractivity contribution in [3.63, 3.8) is 0 Å². The Labute approximate surface area is 204 Å². The molecule has 3 nitrogen and oxygen atoms in total. The standard InChI is InChI=1S/C30H52O3/c1-6-7-8-9-10-11-12-13-14-15-16-17-18-19-22-33-28(31)21-20-26-24-27(30(3,4)5)23-25(2)29(26)32/h23-24,32H,6-22H2,1-5H3. The minimum absolute atomic E-state index is 0.0155. The van der Waals surface area contributed by atoms with Gasteiger partial charge in [0.15, 0.2) is 0 Å². The highest BCUT2D eigenvalue weighted by atomic mass is 16.5. The van der Waals surface area contributed by atoms with Crippen molar-refractivity contribution >= 4 is 5.97 Å². The molecule has 0 aliphatic rings. The molecule has 1 aromatic rings. The number of carbonyl (C=O) groups is 1. The van der Waals surface area contributed by atoms with Crippen LogP contribution in [0.1, 0.15) is 141 Å². The van der Waals surface area contributed by atoms with Crippen molar-refractivity contribution in [3.8, 4) is 5.75 Å². The first-order valence-corrected chi connectivity index (χ1v) is 13.7. The van der Waals surface area contributed by atoms with E-state index in [9.17, 15) is 9.90 Å². The Morgan fingerprint density at radius 1 is 0.818 bits per heavy atom. The van der Waals surface area contributed by atoms with Gasteiger partial charge in [0.1, 0.15) is 5.75 Å². The van der Waals surface area contributed by atoms with Crippen LogP contribution >= 0.6 is 0 Å². The Hall–Kier alpha value is -1.51. The number of hydrogen-bond donors (Lipinski definition) is 1. The lowest BCUT2D eigenvalue weighted by molar-refractivity contribution is -0.143. The molecule has 0 aliphatic carbocycles. The second kappa shape index (κ2) is 17.0. The van der Waals surface area contributed by atoms with E-state index < -0.39 is 0 Å². The topological polar surface area (TPSA) is 46.5 Å². The van der Waals surface area contributed by atoms with Gasteiger partial charge in [-0.1, -0.05) is 123 Å². The van der Waals surface area contributed by atoms with E-state index in [1.54, 1.807) is 0 Å². The van der Waals surface area contributed by atoms with Crippen LogP contribution in [0.25, 0.3) is 0 Å². The van der Waals surface area contributed by atoms with Crippen LogP contribution < -0.4 is 0 Å². The predicted molar refractivity (Wildman–Crippen MR) is 141 cm³/mol. The first kappa shape index (κ1) is 29.5. The van der Waals surface area contributed by atoms with Gasteiger partial charge in [0.2, 0.25) is 0 Å². The zero-order chi connectivity index (χ0) is 24.5. The van der Waals surface area contributed by atoms with Crippen LogP contribution in [0, 0.1) is 6.92 Å². The quantitative estimate of drug-likeness (QED) is 0.176. The van der Waals surface area contributed by atoms with Gasteiger partial charge in [-0.05, 0) is 41.9 Å². The molecule has 1 N–H and O–H groups in total. The molecule has 0 saturated heterocycles. The van der Waals surface area contributed by atoms with Crippen LogP contribution in [-0.2, 0) is 21.4 Å². The summed E-state index contributed by atoms with van der Waals surface area (Å²) in [6, 6.07) is 4.07. The highest BCUT2D eigenvalue weighted by Crippen LogP contribution is 2.31. The summed E-state index contributed by atoms with van der Waals surface area (Å²) in [7, 11) is 0. The zero-order valence-electron chi connectivity index (χ0n) is 22.4. The summed E-state index contributed by atoms with van der Waals surface area (Å²) < 4.78 is 5.42. The van der Waals surface area contributed by atoms with E-state index in [-0.39, 0.29) is 11.4 Å².